The number of amides is 1. The number of aliphatic hydroxyl groups is 1. The topological polar surface area (TPSA) is 80.7 Å². The van der Waals surface area contributed by atoms with E-state index in [4.69, 9.17) is 14.6 Å². The van der Waals surface area contributed by atoms with Crippen molar-refractivity contribution in [1.29, 1.82) is 0 Å². The van der Waals surface area contributed by atoms with Gasteiger partial charge in [-0.25, -0.2) is 0 Å². The van der Waals surface area contributed by atoms with Gasteiger partial charge in [0.1, 0.15) is 6.61 Å². The van der Waals surface area contributed by atoms with Crippen molar-refractivity contribution < 1.29 is 19.4 Å². The van der Waals surface area contributed by atoms with E-state index < -0.39 is 0 Å². The molecule has 2 N–H and O–H groups in total. The van der Waals surface area contributed by atoms with Gasteiger partial charge in [0.2, 0.25) is 0 Å². The van der Waals surface area contributed by atoms with Gasteiger partial charge in [-0.3, -0.25) is 9.78 Å². The summed E-state index contributed by atoms with van der Waals surface area (Å²) in [5, 5.41) is 11.4. The zero-order valence-corrected chi connectivity index (χ0v) is 13.0. The fourth-order valence-electron chi connectivity index (χ4n) is 1.95. The molecular formula is C17H20N2O4. The fourth-order valence-corrected chi connectivity index (χ4v) is 1.95. The quantitative estimate of drug-likeness (QED) is 0.776. The first kappa shape index (κ1) is 16.8. The van der Waals surface area contributed by atoms with Gasteiger partial charge in [0.05, 0.1) is 13.2 Å². The van der Waals surface area contributed by atoms with Crippen molar-refractivity contribution in [3.05, 3.63) is 53.9 Å². The van der Waals surface area contributed by atoms with E-state index in [9.17, 15) is 4.79 Å². The van der Waals surface area contributed by atoms with Crippen molar-refractivity contribution in [2.45, 2.75) is 13.5 Å². The first-order valence-corrected chi connectivity index (χ1v) is 7.42. The van der Waals surface area contributed by atoms with E-state index >= 15 is 0 Å². The molecule has 0 unspecified atom stereocenters. The van der Waals surface area contributed by atoms with Crippen LogP contribution in [0.1, 0.15) is 22.8 Å². The number of nitrogens with zero attached hydrogens (tertiary/aromatic N) is 1. The second-order valence-corrected chi connectivity index (χ2v) is 4.72. The molecular weight excluding hydrogens is 296 g/mol. The third-order valence-electron chi connectivity index (χ3n) is 3.05. The van der Waals surface area contributed by atoms with E-state index in [2.05, 4.69) is 10.3 Å². The molecule has 6 nitrogen and oxygen atoms in total. The van der Waals surface area contributed by atoms with Gasteiger partial charge in [0.15, 0.2) is 11.5 Å². The molecule has 0 aliphatic heterocycles. The van der Waals surface area contributed by atoms with E-state index in [0.717, 1.165) is 5.56 Å². The molecule has 1 heterocycles. The fraction of sp³-hybridized carbons (Fsp3) is 0.294. The van der Waals surface area contributed by atoms with Gasteiger partial charge in [-0.05, 0) is 42.8 Å². The minimum Gasteiger partial charge on any atom is -0.490 e. The largest absolute Gasteiger partial charge is 0.490 e. The second kappa shape index (κ2) is 8.75. The summed E-state index contributed by atoms with van der Waals surface area (Å²) in [6, 6.07) is 8.75. The highest BCUT2D eigenvalue weighted by Gasteiger charge is 2.11. The number of benzene rings is 1. The molecule has 0 saturated carbocycles. The summed E-state index contributed by atoms with van der Waals surface area (Å²) in [6.45, 7) is 2.83. The molecule has 23 heavy (non-hydrogen) atoms. The Kier molecular flexibility index (Phi) is 6.38. The number of nitrogens with one attached hydrogen (secondary N) is 1. The number of aromatic nitrogens is 1. The van der Waals surface area contributed by atoms with Crippen LogP contribution < -0.4 is 14.8 Å². The maximum absolute atomic E-state index is 11.9. The van der Waals surface area contributed by atoms with Crippen LogP contribution in [0.5, 0.6) is 11.5 Å². The summed E-state index contributed by atoms with van der Waals surface area (Å²) in [5.74, 6) is 0.821. The molecule has 1 aromatic heterocycles. The number of rotatable bonds is 8. The summed E-state index contributed by atoms with van der Waals surface area (Å²) < 4.78 is 11.3. The molecule has 2 rings (SSSR count). The maximum atomic E-state index is 11.9. The van der Waals surface area contributed by atoms with Gasteiger partial charge >= 0.3 is 0 Å². The van der Waals surface area contributed by atoms with Crippen molar-refractivity contribution in [3.63, 3.8) is 0 Å². The third-order valence-corrected chi connectivity index (χ3v) is 3.05. The van der Waals surface area contributed by atoms with Crippen molar-refractivity contribution in [1.82, 2.24) is 10.3 Å². The average molecular weight is 316 g/mol. The van der Waals surface area contributed by atoms with Crippen LogP contribution in [0.3, 0.4) is 0 Å². The van der Waals surface area contributed by atoms with Gasteiger partial charge < -0.3 is 19.9 Å². The summed E-state index contributed by atoms with van der Waals surface area (Å²) in [5.41, 5.74) is 1.45. The number of hydrogen-bond acceptors (Lipinski definition) is 5. The number of aliphatic hydroxyl groups excluding tert-OH is 1. The van der Waals surface area contributed by atoms with E-state index in [1.165, 1.54) is 0 Å². The number of ether oxygens (including phenoxy) is 2. The predicted octanol–water partition coefficient (Wildman–Crippen LogP) is 1.78. The molecule has 1 amide bonds. The Labute approximate surface area is 135 Å². The lowest BCUT2D eigenvalue weighted by atomic mass is 10.2. The normalized spacial score (nSPS) is 10.2. The summed E-state index contributed by atoms with van der Waals surface area (Å²) in [7, 11) is 0. The highest BCUT2D eigenvalue weighted by molar-refractivity contribution is 5.94. The first-order valence-electron chi connectivity index (χ1n) is 7.42. The highest BCUT2D eigenvalue weighted by atomic mass is 16.5. The second-order valence-electron chi connectivity index (χ2n) is 4.72. The molecule has 0 fully saturated rings. The molecule has 0 spiro atoms. The number of hydrogen-bond donors (Lipinski definition) is 2. The van der Waals surface area contributed by atoms with Crippen LogP contribution in [0.25, 0.3) is 0 Å². The SMILES string of the molecule is CCOc1cc(C(=O)NCCO)ccc1OCc1ccncc1. The highest BCUT2D eigenvalue weighted by Crippen LogP contribution is 2.29. The van der Waals surface area contributed by atoms with Crippen LogP contribution >= 0.6 is 0 Å². The third kappa shape index (κ3) is 4.96. The molecule has 6 heteroatoms. The molecule has 0 bridgehead atoms. The lowest BCUT2D eigenvalue weighted by molar-refractivity contribution is 0.0944. The van der Waals surface area contributed by atoms with Gasteiger partial charge in [0.25, 0.3) is 5.91 Å². The lowest BCUT2D eigenvalue weighted by Gasteiger charge is -2.13. The Bertz CT molecular complexity index is 632. The predicted molar refractivity (Wildman–Crippen MR) is 85.6 cm³/mol. The molecule has 0 radical (unpaired) electrons. The van der Waals surface area contributed by atoms with Gasteiger partial charge in [-0.15, -0.1) is 0 Å². The monoisotopic (exact) mass is 316 g/mol. The Morgan fingerprint density at radius 2 is 1.96 bits per heavy atom. The van der Waals surface area contributed by atoms with E-state index in [1.54, 1.807) is 30.6 Å². The number of carbonyl (C=O) groups is 1. The van der Waals surface area contributed by atoms with Crippen molar-refractivity contribution in [2.75, 3.05) is 19.8 Å². The Balaban J connectivity index is 2.11. The van der Waals surface area contributed by atoms with Crippen LogP contribution in [-0.4, -0.2) is 35.8 Å². The van der Waals surface area contributed by atoms with Crippen molar-refractivity contribution >= 4 is 5.91 Å². The van der Waals surface area contributed by atoms with Crippen LogP contribution in [0.15, 0.2) is 42.7 Å². The average Bonchev–Trinajstić information content (AvgIpc) is 2.59. The van der Waals surface area contributed by atoms with E-state index in [1.807, 2.05) is 19.1 Å². The van der Waals surface area contributed by atoms with Crippen LogP contribution in [-0.2, 0) is 6.61 Å². The Hall–Kier alpha value is -2.60. The molecule has 1 aromatic carbocycles. The first-order chi connectivity index (χ1) is 11.2. The smallest absolute Gasteiger partial charge is 0.251 e. The number of pyridine rings is 1. The maximum Gasteiger partial charge on any atom is 0.251 e. The summed E-state index contributed by atoms with van der Waals surface area (Å²) >= 11 is 0. The molecule has 0 aliphatic rings. The minimum absolute atomic E-state index is 0.100. The van der Waals surface area contributed by atoms with Gasteiger partial charge in [-0.1, -0.05) is 0 Å². The standard InChI is InChI=1S/C17H20N2O4/c1-2-22-16-11-14(17(21)19-9-10-20)3-4-15(16)23-12-13-5-7-18-8-6-13/h3-8,11,20H,2,9-10,12H2,1H3,(H,19,21). The van der Waals surface area contributed by atoms with Gasteiger partial charge in [-0.2, -0.15) is 0 Å². The van der Waals surface area contributed by atoms with E-state index in [-0.39, 0.29) is 19.1 Å². The van der Waals surface area contributed by atoms with Crippen LogP contribution in [0, 0.1) is 0 Å². The summed E-state index contributed by atoms with van der Waals surface area (Å²) in [6.07, 6.45) is 3.41. The Morgan fingerprint density at radius 1 is 1.17 bits per heavy atom. The van der Waals surface area contributed by atoms with Crippen molar-refractivity contribution in [2.24, 2.45) is 0 Å². The molecule has 0 atom stereocenters. The number of carbonyl (C=O) groups excluding carboxylic acids is 1. The molecule has 0 saturated heterocycles. The zero-order chi connectivity index (χ0) is 16.5. The van der Waals surface area contributed by atoms with E-state index in [0.29, 0.717) is 30.3 Å². The molecule has 122 valence electrons. The minimum atomic E-state index is -0.263. The Morgan fingerprint density at radius 3 is 2.65 bits per heavy atom. The lowest BCUT2D eigenvalue weighted by Crippen LogP contribution is -2.26. The summed E-state index contributed by atoms with van der Waals surface area (Å²) in [4.78, 5) is 15.9. The van der Waals surface area contributed by atoms with Crippen LogP contribution in [0.2, 0.25) is 0 Å². The molecule has 0 aliphatic carbocycles. The zero-order valence-electron chi connectivity index (χ0n) is 13.0. The molecule has 2 aromatic rings. The van der Waals surface area contributed by atoms with Crippen LogP contribution in [0.4, 0.5) is 0 Å². The van der Waals surface area contributed by atoms with Gasteiger partial charge in [0, 0.05) is 24.5 Å². The van der Waals surface area contributed by atoms with Crippen molar-refractivity contribution in [3.8, 4) is 11.5 Å².